The molecule has 0 saturated heterocycles. The lowest BCUT2D eigenvalue weighted by Gasteiger charge is -2.17. The van der Waals surface area contributed by atoms with E-state index >= 15 is 0 Å². The number of nitrogen functional groups attached to an aromatic ring is 1. The van der Waals surface area contributed by atoms with Gasteiger partial charge < -0.3 is 10.6 Å². The van der Waals surface area contributed by atoms with Crippen molar-refractivity contribution < 1.29 is 18.0 Å². The lowest BCUT2D eigenvalue weighted by atomic mass is 9.95. The van der Waals surface area contributed by atoms with Gasteiger partial charge in [0.15, 0.2) is 9.84 Å². The molecule has 2 N–H and O–H groups in total. The van der Waals surface area contributed by atoms with E-state index in [1.807, 2.05) is 30.3 Å². The molecule has 0 unspecified atom stereocenters. The number of nitrogens with two attached hydrogens (primary N) is 1. The fraction of sp³-hybridized carbons (Fsp3) is 0.0833. The third-order valence-corrected chi connectivity index (χ3v) is 6.61. The molecule has 0 bridgehead atoms. The van der Waals surface area contributed by atoms with Crippen LogP contribution >= 0.6 is 0 Å². The first kappa shape index (κ1) is 22.8. The predicted octanol–water partition coefficient (Wildman–Crippen LogP) is 4.08. The van der Waals surface area contributed by atoms with Crippen molar-refractivity contribution in [1.82, 2.24) is 0 Å². The molecule has 3 aromatic rings. The molecule has 34 heavy (non-hydrogen) atoms. The summed E-state index contributed by atoms with van der Waals surface area (Å²) in [5.41, 5.74) is 17.6. The maximum Gasteiger partial charge on any atom is 0.259 e. The summed E-state index contributed by atoms with van der Waals surface area (Å²) in [7, 11) is -3.37. The molecule has 1 aliphatic heterocycles. The molecule has 2 amide bonds. The fourth-order valence-electron chi connectivity index (χ4n) is 3.83. The van der Waals surface area contributed by atoms with Gasteiger partial charge in [-0.25, -0.2) is 8.42 Å². The number of hydrogen-bond donors (Lipinski definition) is 1. The number of nitrogens with zero attached hydrogens (tertiary/aromatic N) is 4. The van der Waals surface area contributed by atoms with Crippen LogP contribution in [-0.4, -0.2) is 33.0 Å². The zero-order valence-corrected chi connectivity index (χ0v) is 18.9. The molecular weight excluding hydrogens is 454 g/mol. The van der Waals surface area contributed by atoms with Crippen LogP contribution in [0, 0.1) is 0 Å². The largest absolute Gasteiger partial charge is 0.398 e. The van der Waals surface area contributed by atoms with E-state index in [4.69, 9.17) is 11.3 Å². The van der Waals surface area contributed by atoms with Crippen LogP contribution in [0.3, 0.4) is 0 Å². The predicted molar refractivity (Wildman–Crippen MR) is 129 cm³/mol. The Labute approximate surface area is 195 Å². The van der Waals surface area contributed by atoms with Crippen LogP contribution in [0.25, 0.3) is 21.6 Å². The first-order valence-corrected chi connectivity index (χ1v) is 12.0. The highest BCUT2D eigenvalue weighted by Crippen LogP contribution is 2.38. The zero-order valence-electron chi connectivity index (χ0n) is 18.0. The summed E-state index contributed by atoms with van der Waals surface area (Å²) in [6, 6.07) is 20.0. The standard InChI is InChI=1S/C24H19N5O4S/c1-34(32,33)18-10-7-15(8-11-18)20-14-29(17-5-3-2-4-6-17)24(31)22(20)16-9-12-19(21(25)13-16)23(30)27-28-26/h2-13H,14,25H2,1H3. The summed E-state index contributed by atoms with van der Waals surface area (Å²) in [5.74, 6) is -1.08. The smallest absolute Gasteiger partial charge is 0.259 e. The van der Waals surface area contributed by atoms with Crippen LogP contribution in [0.2, 0.25) is 0 Å². The van der Waals surface area contributed by atoms with Gasteiger partial charge in [-0.2, -0.15) is 0 Å². The molecule has 0 spiro atoms. The molecule has 3 aromatic carbocycles. The summed E-state index contributed by atoms with van der Waals surface area (Å²) in [6.07, 6.45) is 1.13. The summed E-state index contributed by atoms with van der Waals surface area (Å²) in [5, 5.41) is 3.07. The minimum Gasteiger partial charge on any atom is -0.398 e. The normalized spacial score (nSPS) is 13.7. The van der Waals surface area contributed by atoms with E-state index in [-0.39, 0.29) is 28.6 Å². The Balaban J connectivity index is 1.85. The van der Waals surface area contributed by atoms with Gasteiger partial charge in [0, 0.05) is 28.1 Å². The van der Waals surface area contributed by atoms with E-state index < -0.39 is 15.7 Å². The number of carbonyl (C=O) groups excluding carboxylic acids is 2. The van der Waals surface area contributed by atoms with E-state index in [0.29, 0.717) is 28.0 Å². The maximum absolute atomic E-state index is 13.5. The number of azide groups is 1. The Morgan fingerprint density at radius 3 is 2.26 bits per heavy atom. The Kier molecular flexibility index (Phi) is 5.93. The monoisotopic (exact) mass is 473 g/mol. The van der Waals surface area contributed by atoms with Crippen LogP contribution in [0.15, 0.2) is 82.8 Å². The number of amides is 2. The highest BCUT2D eigenvalue weighted by atomic mass is 32.2. The molecule has 0 aromatic heterocycles. The van der Waals surface area contributed by atoms with Crippen molar-refractivity contribution in [3.63, 3.8) is 0 Å². The molecular formula is C24H19N5O4S. The molecule has 0 saturated carbocycles. The van der Waals surface area contributed by atoms with Gasteiger partial charge in [-0.3, -0.25) is 9.59 Å². The number of sulfone groups is 1. The second kappa shape index (κ2) is 8.86. The molecule has 1 heterocycles. The minimum absolute atomic E-state index is 0.0339. The SMILES string of the molecule is CS(=O)(=O)c1ccc(C2=C(c3ccc(C(=O)N=[N+]=[N-])c(N)c3)C(=O)N(c3ccccc3)C2)cc1. The lowest BCUT2D eigenvalue weighted by Crippen LogP contribution is -2.26. The van der Waals surface area contributed by atoms with Crippen molar-refractivity contribution in [3.05, 3.63) is 99.9 Å². The van der Waals surface area contributed by atoms with Crippen molar-refractivity contribution in [2.24, 2.45) is 5.11 Å². The summed E-state index contributed by atoms with van der Waals surface area (Å²) in [6.45, 7) is 0.260. The summed E-state index contributed by atoms with van der Waals surface area (Å²) >= 11 is 0. The molecule has 0 fully saturated rings. The van der Waals surface area contributed by atoms with Gasteiger partial charge in [-0.05, 0) is 63.7 Å². The van der Waals surface area contributed by atoms with E-state index in [2.05, 4.69) is 10.0 Å². The zero-order chi connectivity index (χ0) is 24.5. The van der Waals surface area contributed by atoms with E-state index in [1.165, 1.54) is 24.3 Å². The number of hydrogen-bond acceptors (Lipinski definition) is 5. The molecule has 0 aliphatic carbocycles. The second-order valence-electron chi connectivity index (χ2n) is 7.67. The fourth-order valence-corrected chi connectivity index (χ4v) is 4.46. The van der Waals surface area contributed by atoms with Crippen LogP contribution in [0.4, 0.5) is 11.4 Å². The van der Waals surface area contributed by atoms with Crippen LogP contribution in [-0.2, 0) is 14.6 Å². The van der Waals surface area contributed by atoms with Gasteiger partial charge in [0.25, 0.3) is 11.8 Å². The van der Waals surface area contributed by atoms with Gasteiger partial charge in [-0.15, -0.1) is 0 Å². The highest BCUT2D eigenvalue weighted by Gasteiger charge is 2.33. The Bertz CT molecular complexity index is 1490. The van der Waals surface area contributed by atoms with E-state index in [0.717, 1.165) is 6.26 Å². The third-order valence-electron chi connectivity index (χ3n) is 5.48. The quantitative estimate of drug-likeness (QED) is 0.257. The van der Waals surface area contributed by atoms with E-state index in [9.17, 15) is 18.0 Å². The molecule has 4 rings (SSSR count). The van der Waals surface area contributed by atoms with Gasteiger partial charge >= 0.3 is 0 Å². The first-order valence-electron chi connectivity index (χ1n) is 10.1. The van der Waals surface area contributed by atoms with Crippen molar-refractivity contribution in [2.45, 2.75) is 4.90 Å². The topological polar surface area (TPSA) is 146 Å². The molecule has 0 atom stereocenters. The lowest BCUT2D eigenvalue weighted by molar-refractivity contribution is -0.112. The summed E-state index contributed by atoms with van der Waals surface area (Å²) < 4.78 is 23.7. The van der Waals surface area contributed by atoms with Crippen LogP contribution in [0.5, 0.6) is 0 Å². The van der Waals surface area contributed by atoms with Crippen molar-refractivity contribution >= 4 is 44.2 Å². The van der Waals surface area contributed by atoms with Gasteiger partial charge in [-0.1, -0.05) is 36.4 Å². The van der Waals surface area contributed by atoms with Crippen molar-refractivity contribution in [2.75, 3.05) is 23.4 Å². The second-order valence-corrected chi connectivity index (χ2v) is 9.69. The van der Waals surface area contributed by atoms with Gasteiger partial charge in [0.05, 0.1) is 17.0 Å². The number of para-hydroxylation sites is 1. The minimum atomic E-state index is -3.37. The summed E-state index contributed by atoms with van der Waals surface area (Å²) in [4.78, 5) is 29.8. The first-order chi connectivity index (χ1) is 16.2. The molecule has 1 aliphatic rings. The number of benzene rings is 3. The Hall–Kier alpha value is -4.40. The van der Waals surface area contributed by atoms with Crippen LogP contribution < -0.4 is 10.6 Å². The molecule has 0 radical (unpaired) electrons. The molecule has 10 heteroatoms. The van der Waals surface area contributed by atoms with E-state index in [1.54, 1.807) is 23.1 Å². The third kappa shape index (κ3) is 4.27. The van der Waals surface area contributed by atoms with Gasteiger partial charge in [0.2, 0.25) is 0 Å². The number of rotatable bonds is 5. The van der Waals surface area contributed by atoms with Crippen molar-refractivity contribution in [3.8, 4) is 0 Å². The Morgan fingerprint density at radius 2 is 1.68 bits per heavy atom. The molecule has 9 nitrogen and oxygen atoms in total. The average Bonchev–Trinajstić information content (AvgIpc) is 3.16. The number of carbonyl (C=O) groups is 2. The molecule has 170 valence electrons. The van der Waals surface area contributed by atoms with Crippen LogP contribution in [0.1, 0.15) is 21.5 Å². The van der Waals surface area contributed by atoms with Gasteiger partial charge in [0.1, 0.15) is 0 Å². The Morgan fingerprint density at radius 1 is 1.03 bits per heavy atom. The number of anilines is 2. The average molecular weight is 474 g/mol. The highest BCUT2D eigenvalue weighted by molar-refractivity contribution is 7.90. The maximum atomic E-state index is 13.5. The van der Waals surface area contributed by atoms with Crippen molar-refractivity contribution in [1.29, 1.82) is 0 Å².